The Kier molecular flexibility index (Phi) is 5.92. The summed E-state index contributed by atoms with van der Waals surface area (Å²) in [5, 5.41) is 0.800. The first-order valence-corrected chi connectivity index (χ1v) is 10.6. The number of carbonyl (C=O) groups excluding carboxylic acids is 1. The highest BCUT2D eigenvalue weighted by atomic mass is 79.9. The fraction of sp³-hybridized carbons (Fsp3) is 0.273. The van der Waals surface area contributed by atoms with Gasteiger partial charge in [-0.2, -0.15) is 0 Å². The van der Waals surface area contributed by atoms with Crippen LogP contribution in [0.2, 0.25) is 5.02 Å². The quantitative estimate of drug-likeness (QED) is 0.503. The number of hydrogen-bond acceptors (Lipinski definition) is 4. The van der Waals surface area contributed by atoms with E-state index in [0.29, 0.717) is 39.5 Å². The number of halogens is 2. The third-order valence-electron chi connectivity index (χ3n) is 4.95. The lowest BCUT2D eigenvalue weighted by Crippen LogP contribution is -2.28. The Morgan fingerprint density at radius 3 is 2.76 bits per heavy atom. The van der Waals surface area contributed by atoms with Crippen molar-refractivity contribution in [2.45, 2.75) is 19.3 Å². The summed E-state index contributed by atoms with van der Waals surface area (Å²) in [5.74, 6) is 0.996. The van der Waals surface area contributed by atoms with E-state index in [1.54, 1.807) is 24.3 Å². The summed E-state index contributed by atoms with van der Waals surface area (Å²) >= 11 is 9.66. The van der Waals surface area contributed by atoms with E-state index in [-0.39, 0.29) is 17.9 Å². The van der Waals surface area contributed by atoms with Gasteiger partial charge >= 0.3 is 0 Å². The third kappa shape index (κ3) is 4.33. The number of amides is 1. The molecule has 1 amide bonds. The molecule has 150 valence electrons. The Balaban J connectivity index is 1.61. The molecule has 7 heteroatoms. The number of ether oxygens (including phenoxy) is 1. The summed E-state index contributed by atoms with van der Waals surface area (Å²) in [4.78, 5) is 26.7. The molecule has 2 aromatic carbocycles. The Labute approximate surface area is 181 Å². The van der Waals surface area contributed by atoms with Gasteiger partial charge in [0.05, 0.1) is 29.0 Å². The normalized spacial score (nSPS) is 13.8. The van der Waals surface area contributed by atoms with Crippen LogP contribution in [0.5, 0.6) is 5.75 Å². The zero-order valence-electron chi connectivity index (χ0n) is 15.6. The van der Waals surface area contributed by atoms with Crippen molar-refractivity contribution in [1.29, 1.82) is 0 Å². The van der Waals surface area contributed by atoms with Crippen molar-refractivity contribution in [2.75, 3.05) is 19.7 Å². The van der Waals surface area contributed by atoms with Crippen molar-refractivity contribution in [3.05, 3.63) is 62.2 Å². The van der Waals surface area contributed by atoms with Crippen LogP contribution >= 0.6 is 27.5 Å². The second kappa shape index (κ2) is 8.59. The van der Waals surface area contributed by atoms with Crippen molar-refractivity contribution >= 4 is 44.4 Å². The molecule has 1 fully saturated rings. The molecule has 4 rings (SSSR count). The van der Waals surface area contributed by atoms with Gasteiger partial charge in [0.1, 0.15) is 11.5 Å². The molecule has 0 saturated carbocycles. The topological polar surface area (TPSA) is 59.8 Å². The van der Waals surface area contributed by atoms with E-state index in [1.165, 1.54) is 6.07 Å². The molecule has 1 aliphatic heterocycles. The number of carbonyl (C=O) groups is 1. The predicted octanol–water partition coefficient (Wildman–Crippen LogP) is 5.27. The fourth-order valence-electron chi connectivity index (χ4n) is 3.47. The number of para-hydroxylation sites is 1. The van der Waals surface area contributed by atoms with Crippen LogP contribution in [0.3, 0.4) is 0 Å². The first-order chi connectivity index (χ1) is 14.0. The molecule has 5 nitrogen and oxygen atoms in total. The monoisotopic (exact) mass is 475 g/mol. The van der Waals surface area contributed by atoms with Crippen molar-refractivity contribution in [3.63, 3.8) is 0 Å². The van der Waals surface area contributed by atoms with E-state index >= 15 is 0 Å². The first kappa shape index (κ1) is 20.0. The van der Waals surface area contributed by atoms with Gasteiger partial charge in [0.2, 0.25) is 5.91 Å². The van der Waals surface area contributed by atoms with Gasteiger partial charge in [0.15, 0.2) is 11.0 Å². The van der Waals surface area contributed by atoms with E-state index in [9.17, 15) is 9.59 Å². The van der Waals surface area contributed by atoms with Gasteiger partial charge in [-0.15, -0.1) is 0 Å². The molecule has 3 aromatic rings. The van der Waals surface area contributed by atoms with Gasteiger partial charge in [-0.05, 0) is 43.2 Å². The SMILES string of the molecule is O=C(CCOc1cc(Br)ccc1-c1cc(=O)c2cccc(Cl)c2o1)N1CCCC1. The zero-order valence-corrected chi connectivity index (χ0v) is 18.0. The van der Waals surface area contributed by atoms with Gasteiger partial charge < -0.3 is 14.1 Å². The van der Waals surface area contributed by atoms with Crippen LogP contribution in [-0.4, -0.2) is 30.5 Å². The summed E-state index contributed by atoms with van der Waals surface area (Å²) in [7, 11) is 0. The second-order valence-corrected chi connectivity index (χ2v) is 8.24. The standard InChI is InChI=1S/C22H19BrClNO4/c23-14-6-7-16(19(12-14)28-11-8-21(27)25-9-1-2-10-25)20-13-18(26)15-4-3-5-17(24)22(15)29-20/h3-7,12-13H,1-2,8-11H2. The number of benzene rings is 2. The maximum atomic E-state index is 12.5. The van der Waals surface area contributed by atoms with Crippen molar-refractivity contribution in [1.82, 2.24) is 4.90 Å². The molecule has 2 heterocycles. The third-order valence-corrected chi connectivity index (χ3v) is 5.74. The minimum absolute atomic E-state index is 0.100. The fourth-order valence-corrected chi connectivity index (χ4v) is 4.02. The number of rotatable bonds is 5. The smallest absolute Gasteiger partial charge is 0.225 e. The van der Waals surface area contributed by atoms with E-state index in [2.05, 4.69) is 15.9 Å². The summed E-state index contributed by atoms with van der Waals surface area (Å²) in [6.45, 7) is 1.89. The average Bonchev–Trinajstić information content (AvgIpc) is 3.24. The van der Waals surface area contributed by atoms with Crippen LogP contribution in [0.4, 0.5) is 0 Å². The van der Waals surface area contributed by atoms with Crippen molar-refractivity contribution in [2.24, 2.45) is 0 Å². The number of nitrogens with zero attached hydrogens (tertiary/aromatic N) is 1. The van der Waals surface area contributed by atoms with E-state index in [1.807, 2.05) is 17.0 Å². The van der Waals surface area contributed by atoms with Crippen LogP contribution in [0, 0.1) is 0 Å². The van der Waals surface area contributed by atoms with Crippen molar-refractivity contribution in [3.8, 4) is 17.1 Å². The Bertz CT molecular complexity index is 1120. The highest BCUT2D eigenvalue weighted by Crippen LogP contribution is 2.34. The van der Waals surface area contributed by atoms with E-state index in [0.717, 1.165) is 30.4 Å². The zero-order chi connectivity index (χ0) is 20.4. The van der Waals surface area contributed by atoms with Gasteiger partial charge in [-0.1, -0.05) is 33.6 Å². The Morgan fingerprint density at radius 1 is 1.17 bits per heavy atom. The van der Waals surface area contributed by atoms with Crippen LogP contribution in [-0.2, 0) is 4.79 Å². The lowest BCUT2D eigenvalue weighted by atomic mass is 10.1. The van der Waals surface area contributed by atoms with Gasteiger partial charge in [0.25, 0.3) is 0 Å². The molecule has 0 N–H and O–H groups in total. The summed E-state index contributed by atoms with van der Waals surface area (Å²) in [6, 6.07) is 12.0. The molecule has 1 saturated heterocycles. The molecule has 0 spiro atoms. The summed E-state index contributed by atoms with van der Waals surface area (Å²) < 4.78 is 12.7. The number of fused-ring (bicyclic) bond motifs is 1. The lowest BCUT2D eigenvalue weighted by molar-refractivity contribution is -0.130. The highest BCUT2D eigenvalue weighted by Gasteiger charge is 2.18. The van der Waals surface area contributed by atoms with Crippen molar-refractivity contribution < 1.29 is 13.9 Å². The summed E-state index contributed by atoms with van der Waals surface area (Å²) in [5.41, 5.74) is 0.789. The molecule has 0 atom stereocenters. The highest BCUT2D eigenvalue weighted by molar-refractivity contribution is 9.10. The van der Waals surface area contributed by atoms with E-state index in [4.69, 9.17) is 20.8 Å². The number of likely N-dealkylation sites (tertiary alicyclic amines) is 1. The van der Waals surface area contributed by atoms with Gasteiger partial charge in [0, 0.05) is 23.6 Å². The summed E-state index contributed by atoms with van der Waals surface area (Å²) in [6.07, 6.45) is 2.43. The van der Waals surface area contributed by atoms with E-state index < -0.39 is 0 Å². The molecule has 0 radical (unpaired) electrons. The molecule has 0 aliphatic carbocycles. The molecular weight excluding hydrogens is 458 g/mol. The van der Waals surface area contributed by atoms with Crippen LogP contribution in [0.25, 0.3) is 22.3 Å². The second-order valence-electron chi connectivity index (χ2n) is 6.92. The maximum absolute atomic E-state index is 12.5. The van der Waals surface area contributed by atoms with Crippen LogP contribution in [0.15, 0.2) is 56.1 Å². The molecule has 0 bridgehead atoms. The van der Waals surface area contributed by atoms with Gasteiger partial charge in [-0.3, -0.25) is 9.59 Å². The molecule has 1 aliphatic rings. The minimum atomic E-state index is -0.179. The molecule has 29 heavy (non-hydrogen) atoms. The molecule has 0 unspecified atom stereocenters. The first-order valence-electron chi connectivity index (χ1n) is 9.46. The maximum Gasteiger partial charge on any atom is 0.225 e. The largest absolute Gasteiger partial charge is 0.492 e. The lowest BCUT2D eigenvalue weighted by Gasteiger charge is -2.16. The van der Waals surface area contributed by atoms with Crippen LogP contribution < -0.4 is 10.2 Å². The van der Waals surface area contributed by atoms with Gasteiger partial charge in [-0.25, -0.2) is 0 Å². The predicted molar refractivity (Wildman–Crippen MR) is 117 cm³/mol. The molecule has 1 aromatic heterocycles. The Morgan fingerprint density at radius 2 is 1.97 bits per heavy atom. The molecular formula is C22H19BrClNO4. The Hall–Kier alpha value is -2.31. The average molecular weight is 477 g/mol. The van der Waals surface area contributed by atoms with Crippen LogP contribution in [0.1, 0.15) is 19.3 Å². The minimum Gasteiger partial charge on any atom is -0.492 e. The number of hydrogen-bond donors (Lipinski definition) is 0.